The third-order valence-corrected chi connectivity index (χ3v) is 7.32. The lowest BCUT2D eigenvalue weighted by Gasteiger charge is -2.25. The van der Waals surface area contributed by atoms with E-state index in [1.807, 2.05) is 24.3 Å². The van der Waals surface area contributed by atoms with Crippen molar-refractivity contribution >= 4 is 39.3 Å². The van der Waals surface area contributed by atoms with E-state index in [9.17, 15) is 9.59 Å². The highest BCUT2D eigenvalue weighted by Gasteiger charge is 2.33. The lowest BCUT2D eigenvalue weighted by atomic mass is 9.95. The van der Waals surface area contributed by atoms with Gasteiger partial charge in [-0.25, -0.2) is 9.79 Å². The molecule has 188 valence electrons. The normalized spacial score (nSPS) is 15.3. The summed E-state index contributed by atoms with van der Waals surface area (Å²) in [5, 5.41) is 0. The van der Waals surface area contributed by atoms with Crippen molar-refractivity contribution in [2.45, 2.75) is 19.9 Å². The zero-order valence-electron chi connectivity index (χ0n) is 20.5. The van der Waals surface area contributed by atoms with Gasteiger partial charge in [0.15, 0.2) is 16.3 Å². The fourth-order valence-corrected chi connectivity index (χ4v) is 5.66. The molecule has 1 aliphatic rings. The molecule has 0 radical (unpaired) electrons. The maximum Gasteiger partial charge on any atom is 0.338 e. The molecule has 1 aromatic heterocycles. The summed E-state index contributed by atoms with van der Waals surface area (Å²) < 4.78 is 24.3. The van der Waals surface area contributed by atoms with Gasteiger partial charge in [0.25, 0.3) is 5.56 Å². The molecule has 0 bridgehead atoms. The number of ether oxygens (including phenoxy) is 4. The Morgan fingerprint density at radius 2 is 1.78 bits per heavy atom. The summed E-state index contributed by atoms with van der Waals surface area (Å²) in [6, 6.07) is 10.1. The first-order chi connectivity index (χ1) is 17.3. The Bertz CT molecular complexity index is 1540. The number of rotatable bonds is 7. The van der Waals surface area contributed by atoms with Crippen molar-refractivity contribution in [1.82, 2.24) is 4.57 Å². The van der Waals surface area contributed by atoms with Gasteiger partial charge in [0.05, 0.1) is 54.3 Å². The third kappa shape index (κ3) is 4.70. The number of carbonyl (C=O) groups excluding carboxylic acids is 1. The van der Waals surface area contributed by atoms with E-state index >= 15 is 0 Å². The zero-order valence-corrected chi connectivity index (χ0v) is 22.9. The Kier molecular flexibility index (Phi) is 7.65. The molecule has 0 fully saturated rings. The van der Waals surface area contributed by atoms with E-state index in [0.717, 1.165) is 10.0 Å². The van der Waals surface area contributed by atoms with E-state index in [0.29, 0.717) is 43.4 Å². The molecule has 10 heteroatoms. The van der Waals surface area contributed by atoms with Crippen molar-refractivity contribution in [3.05, 3.63) is 83.0 Å². The second-order valence-electron chi connectivity index (χ2n) is 7.81. The van der Waals surface area contributed by atoms with Gasteiger partial charge < -0.3 is 18.9 Å². The van der Waals surface area contributed by atoms with Gasteiger partial charge in [0, 0.05) is 0 Å². The number of hydrogen-bond donors (Lipinski definition) is 0. The third-order valence-electron chi connectivity index (χ3n) is 5.71. The molecule has 8 nitrogen and oxygen atoms in total. The van der Waals surface area contributed by atoms with E-state index < -0.39 is 12.0 Å². The molecular formula is C26H25BrN2O6S. The van der Waals surface area contributed by atoms with Crippen molar-refractivity contribution in [2.75, 3.05) is 27.9 Å². The SMILES string of the molecule is CCOC(=O)C1=C(C)N=c2s/c(=C\c3ccc(OC)c(Br)c3)c(=O)n2C1c1ccc(OC)c(OC)c1. The van der Waals surface area contributed by atoms with Crippen LogP contribution in [0.25, 0.3) is 6.08 Å². The van der Waals surface area contributed by atoms with E-state index in [4.69, 9.17) is 18.9 Å². The van der Waals surface area contributed by atoms with Crippen LogP contribution in [0.2, 0.25) is 0 Å². The highest BCUT2D eigenvalue weighted by atomic mass is 79.9. The molecule has 0 saturated carbocycles. The molecule has 0 saturated heterocycles. The Morgan fingerprint density at radius 3 is 2.42 bits per heavy atom. The number of aromatic nitrogens is 1. The maximum absolute atomic E-state index is 13.7. The minimum atomic E-state index is -0.746. The van der Waals surface area contributed by atoms with E-state index in [2.05, 4.69) is 20.9 Å². The number of fused-ring (bicyclic) bond motifs is 1. The summed E-state index contributed by atoms with van der Waals surface area (Å²) in [5.41, 5.74) is 2.02. The summed E-state index contributed by atoms with van der Waals surface area (Å²) in [6.07, 6.45) is 1.79. The van der Waals surface area contributed by atoms with Gasteiger partial charge in [-0.2, -0.15) is 0 Å². The van der Waals surface area contributed by atoms with E-state index in [-0.39, 0.29) is 12.2 Å². The molecule has 0 N–H and O–H groups in total. The first kappa shape index (κ1) is 25.7. The van der Waals surface area contributed by atoms with Crippen molar-refractivity contribution in [3.8, 4) is 17.2 Å². The number of methoxy groups -OCH3 is 3. The average Bonchev–Trinajstić information content (AvgIpc) is 3.17. The number of thiazole rings is 1. The van der Waals surface area contributed by atoms with E-state index in [1.165, 1.54) is 23.0 Å². The van der Waals surface area contributed by atoms with Crippen LogP contribution in [0.4, 0.5) is 0 Å². The Labute approximate surface area is 220 Å². The summed E-state index contributed by atoms with van der Waals surface area (Å²) in [6.45, 7) is 3.68. The van der Waals surface area contributed by atoms with Gasteiger partial charge in [0.2, 0.25) is 0 Å². The predicted octanol–water partition coefficient (Wildman–Crippen LogP) is 3.59. The van der Waals surface area contributed by atoms with Gasteiger partial charge in [-0.15, -0.1) is 0 Å². The molecule has 0 spiro atoms. The quantitative estimate of drug-likeness (QED) is 0.402. The Morgan fingerprint density at radius 1 is 1.08 bits per heavy atom. The lowest BCUT2D eigenvalue weighted by molar-refractivity contribution is -0.139. The van der Waals surface area contributed by atoms with Gasteiger partial charge in [-0.1, -0.05) is 23.5 Å². The maximum atomic E-state index is 13.7. The molecule has 0 aliphatic carbocycles. The van der Waals surface area contributed by atoms with Crippen LogP contribution in [0.1, 0.15) is 31.0 Å². The molecular weight excluding hydrogens is 548 g/mol. The van der Waals surface area contributed by atoms with Crippen LogP contribution < -0.4 is 29.1 Å². The zero-order chi connectivity index (χ0) is 26.0. The second kappa shape index (κ2) is 10.7. The standard InChI is InChI=1S/C26H25BrN2O6S/c1-6-35-25(31)22-14(2)28-26-29(23(22)16-8-10-19(33-4)20(13-16)34-5)24(30)21(36-26)12-15-7-9-18(32-3)17(27)11-15/h7-13,23H,6H2,1-5H3/b21-12-. The summed E-state index contributed by atoms with van der Waals surface area (Å²) >= 11 is 4.74. The van der Waals surface area contributed by atoms with Crippen LogP contribution in [0.15, 0.2) is 61.9 Å². The first-order valence-corrected chi connectivity index (χ1v) is 12.7. The number of nitrogens with zero attached hydrogens (tertiary/aromatic N) is 2. The molecule has 4 rings (SSSR count). The number of hydrogen-bond acceptors (Lipinski definition) is 8. The van der Waals surface area contributed by atoms with Crippen molar-refractivity contribution in [3.63, 3.8) is 0 Å². The Balaban J connectivity index is 1.95. The molecule has 0 amide bonds. The first-order valence-electron chi connectivity index (χ1n) is 11.1. The molecule has 1 aliphatic heterocycles. The predicted molar refractivity (Wildman–Crippen MR) is 141 cm³/mol. The number of allylic oxidation sites excluding steroid dienone is 1. The van der Waals surface area contributed by atoms with Gasteiger partial charge in [-0.05, 0) is 71.2 Å². The van der Waals surface area contributed by atoms with Gasteiger partial charge in [0.1, 0.15) is 5.75 Å². The van der Waals surface area contributed by atoms with Crippen LogP contribution in [0, 0.1) is 0 Å². The van der Waals surface area contributed by atoms with Crippen LogP contribution >= 0.6 is 27.3 Å². The second-order valence-corrected chi connectivity index (χ2v) is 9.67. The van der Waals surface area contributed by atoms with E-state index in [1.54, 1.807) is 46.3 Å². The summed E-state index contributed by atoms with van der Waals surface area (Å²) in [4.78, 5) is 31.9. The number of benzene rings is 2. The van der Waals surface area contributed by atoms with Crippen LogP contribution in [-0.4, -0.2) is 38.5 Å². The molecule has 2 aromatic carbocycles. The van der Waals surface area contributed by atoms with Crippen molar-refractivity contribution in [1.29, 1.82) is 0 Å². The van der Waals surface area contributed by atoms with Gasteiger partial charge in [-0.3, -0.25) is 9.36 Å². The fourth-order valence-electron chi connectivity index (χ4n) is 4.05. The highest BCUT2D eigenvalue weighted by Crippen LogP contribution is 2.36. The lowest BCUT2D eigenvalue weighted by Crippen LogP contribution is -2.39. The smallest absolute Gasteiger partial charge is 0.338 e. The number of carbonyl (C=O) groups is 1. The molecule has 1 atom stereocenters. The topological polar surface area (TPSA) is 88.4 Å². The highest BCUT2D eigenvalue weighted by molar-refractivity contribution is 9.10. The van der Waals surface area contributed by atoms with Crippen LogP contribution in [0.5, 0.6) is 17.2 Å². The molecule has 2 heterocycles. The molecule has 36 heavy (non-hydrogen) atoms. The number of esters is 1. The summed E-state index contributed by atoms with van der Waals surface area (Å²) in [5.74, 6) is 1.19. The van der Waals surface area contributed by atoms with Crippen molar-refractivity contribution in [2.24, 2.45) is 4.99 Å². The average molecular weight is 573 g/mol. The van der Waals surface area contributed by atoms with Crippen molar-refractivity contribution < 1.29 is 23.7 Å². The minimum absolute atomic E-state index is 0.199. The van der Waals surface area contributed by atoms with Crippen LogP contribution in [0.3, 0.4) is 0 Å². The van der Waals surface area contributed by atoms with Crippen LogP contribution in [-0.2, 0) is 9.53 Å². The largest absolute Gasteiger partial charge is 0.496 e. The molecule has 3 aromatic rings. The monoisotopic (exact) mass is 572 g/mol. The fraction of sp³-hybridized carbons (Fsp3) is 0.269. The number of halogens is 1. The minimum Gasteiger partial charge on any atom is -0.496 e. The summed E-state index contributed by atoms with van der Waals surface area (Å²) in [7, 11) is 4.68. The van der Waals surface area contributed by atoms with Gasteiger partial charge >= 0.3 is 5.97 Å². The Hall–Kier alpha value is -3.37. The molecule has 1 unspecified atom stereocenters.